The van der Waals surface area contributed by atoms with E-state index in [0.717, 1.165) is 31.2 Å². The molecule has 0 spiro atoms. The first-order valence-electron chi connectivity index (χ1n) is 9.08. The summed E-state index contributed by atoms with van der Waals surface area (Å²) in [5.41, 5.74) is 0.954. The number of hydrogen-bond donors (Lipinski definition) is 2. The van der Waals surface area contributed by atoms with Gasteiger partial charge in [0.15, 0.2) is 5.96 Å². The largest absolute Gasteiger partial charge is 0.355 e. The fourth-order valence-corrected chi connectivity index (χ4v) is 2.93. The van der Waals surface area contributed by atoms with Gasteiger partial charge in [0.2, 0.25) is 5.91 Å². The van der Waals surface area contributed by atoms with Crippen LogP contribution >= 0.6 is 0 Å². The second-order valence-corrected chi connectivity index (χ2v) is 6.62. The van der Waals surface area contributed by atoms with E-state index in [1.54, 1.807) is 7.05 Å². The average Bonchev–Trinajstić information content (AvgIpc) is 3.00. The third-order valence-corrected chi connectivity index (χ3v) is 4.86. The molecule has 1 aromatic carbocycles. The maximum absolute atomic E-state index is 12.3. The topological polar surface area (TPSA) is 60.0 Å². The zero-order valence-corrected chi connectivity index (χ0v) is 15.8. The Hall–Kier alpha value is -2.08. The molecular formula is C19H31N5O. The molecule has 25 heavy (non-hydrogen) atoms. The molecule has 0 radical (unpaired) electrons. The first kappa shape index (κ1) is 19.2. The Morgan fingerprint density at radius 1 is 1.40 bits per heavy atom. The van der Waals surface area contributed by atoms with Gasteiger partial charge in [0.25, 0.3) is 0 Å². The van der Waals surface area contributed by atoms with Crippen LogP contribution in [0.1, 0.15) is 26.7 Å². The van der Waals surface area contributed by atoms with Crippen LogP contribution in [0.25, 0.3) is 0 Å². The minimum atomic E-state index is 0.0752. The predicted molar refractivity (Wildman–Crippen MR) is 104 cm³/mol. The molecule has 0 bridgehead atoms. The molecule has 6 heteroatoms. The molecule has 0 aromatic heterocycles. The van der Waals surface area contributed by atoms with E-state index in [0.29, 0.717) is 19.0 Å². The SMILES string of the molecule is CCC(C)N(C)CCNC(=NC)NC1CC(=O)N(c2ccccc2)C1. The number of hydrogen-bond acceptors (Lipinski definition) is 3. The van der Waals surface area contributed by atoms with Crippen LogP contribution in [0.2, 0.25) is 0 Å². The van der Waals surface area contributed by atoms with Crippen LogP contribution in [-0.4, -0.2) is 62.6 Å². The molecular weight excluding hydrogens is 314 g/mol. The molecule has 6 nitrogen and oxygen atoms in total. The maximum atomic E-state index is 12.3. The molecule has 2 unspecified atom stereocenters. The number of nitrogens with zero attached hydrogens (tertiary/aromatic N) is 3. The number of carbonyl (C=O) groups excluding carboxylic acids is 1. The van der Waals surface area contributed by atoms with Crippen LogP contribution in [0, 0.1) is 0 Å². The van der Waals surface area contributed by atoms with E-state index < -0.39 is 0 Å². The van der Waals surface area contributed by atoms with Crippen molar-refractivity contribution >= 4 is 17.6 Å². The summed E-state index contributed by atoms with van der Waals surface area (Å²) in [6.45, 7) is 6.87. The van der Waals surface area contributed by atoms with Crippen molar-refractivity contribution in [3.8, 4) is 0 Å². The average molecular weight is 345 g/mol. The van der Waals surface area contributed by atoms with Crippen molar-refractivity contribution in [1.29, 1.82) is 0 Å². The van der Waals surface area contributed by atoms with Gasteiger partial charge in [-0.15, -0.1) is 0 Å². The van der Waals surface area contributed by atoms with Gasteiger partial charge in [-0.05, 0) is 32.5 Å². The summed E-state index contributed by atoms with van der Waals surface area (Å²) in [6.07, 6.45) is 1.63. The lowest BCUT2D eigenvalue weighted by atomic mass is 10.2. The summed E-state index contributed by atoms with van der Waals surface area (Å²) in [4.78, 5) is 20.7. The van der Waals surface area contributed by atoms with E-state index >= 15 is 0 Å². The number of rotatable bonds is 7. The Kier molecular flexibility index (Phi) is 7.25. The quantitative estimate of drug-likeness (QED) is 0.583. The van der Waals surface area contributed by atoms with E-state index in [4.69, 9.17) is 0 Å². The van der Waals surface area contributed by atoms with Crippen LogP contribution in [0.5, 0.6) is 0 Å². The van der Waals surface area contributed by atoms with Crippen molar-refractivity contribution < 1.29 is 4.79 Å². The van der Waals surface area contributed by atoms with Gasteiger partial charge in [-0.2, -0.15) is 0 Å². The predicted octanol–water partition coefficient (Wildman–Crippen LogP) is 1.69. The van der Waals surface area contributed by atoms with E-state index in [1.165, 1.54) is 0 Å². The highest BCUT2D eigenvalue weighted by Crippen LogP contribution is 2.20. The number of nitrogens with one attached hydrogen (secondary N) is 2. The monoisotopic (exact) mass is 345 g/mol. The van der Waals surface area contributed by atoms with Crippen molar-refractivity contribution in [2.75, 3.05) is 38.6 Å². The van der Waals surface area contributed by atoms with E-state index in [9.17, 15) is 4.79 Å². The zero-order chi connectivity index (χ0) is 18.2. The molecule has 1 aliphatic rings. The summed E-state index contributed by atoms with van der Waals surface area (Å²) >= 11 is 0. The lowest BCUT2D eigenvalue weighted by Gasteiger charge is -2.24. The van der Waals surface area contributed by atoms with Crippen molar-refractivity contribution in [3.05, 3.63) is 30.3 Å². The molecule has 1 heterocycles. The Labute approximate surface area is 151 Å². The fraction of sp³-hybridized carbons (Fsp3) is 0.579. The molecule has 1 aromatic rings. The molecule has 1 saturated heterocycles. The zero-order valence-electron chi connectivity index (χ0n) is 15.8. The lowest BCUT2D eigenvalue weighted by molar-refractivity contribution is -0.117. The van der Waals surface area contributed by atoms with Crippen molar-refractivity contribution in [2.45, 2.75) is 38.8 Å². The van der Waals surface area contributed by atoms with Crippen molar-refractivity contribution in [3.63, 3.8) is 0 Å². The Morgan fingerprint density at radius 2 is 2.12 bits per heavy atom. The molecule has 2 atom stereocenters. The number of para-hydroxylation sites is 1. The third kappa shape index (κ3) is 5.46. The highest BCUT2D eigenvalue weighted by Gasteiger charge is 2.30. The number of aliphatic imine (C=N–C) groups is 1. The van der Waals surface area contributed by atoms with Crippen molar-refractivity contribution in [2.24, 2.45) is 4.99 Å². The smallest absolute Gasteiger partial charge is 0.229 e. The van der Waals surface area contributed by atoms with Gasteiger partial charge >= 0.3 is 0 Å². The van der Waals surface area contributed by atoms with Crippen molar-refractivity contribution in [1.82, 2.24) is 15.5 Å². The van der Waals surface area contributed by atoms with E-state index in [1.807, 2.05) is 35.2 Å². The highest BCUT2D eigenvalue weighted by molar-refractivity contribution is 5.97. The number of benzene rings is 1. The van der Waals surface area contributed by atoms with Gasteiger partial charge in [-0.3, -0.25) is 9.79 Å². The summed E-state index contributed by atoms with van der Waals surface area (Å²) < 4.78 is 0. The third-order valence-electron chi connectivity index (χ3n) is 4.86. The van der Waals surface area contributed by atoms with E-state index in [-0.39, 0.29) is 11.9 Å². The van der Waals surface area contributed by atoms with Gasteiger partial charge < -0.3 is 20.4 Å². The van der Waals surface area contributed by atoms with Crippen LogP contribution in [0.3, 0.4) is 0 Å². The second kappa shape index (κ2) is 9.42. The molecule has 1 aliphatic heterocycles. The first-order valence-corrected chi connectivity index (χ1v) is 9.08. The number of anilines is 1. The molecule has 2 rings (SSSR count). The van der Waals surface area contributed by atoms with Crippen LogP contribution in [0.4, 0.5) is 5.69 Å². The molecule has 0 aliphatic carbocycles. The Bertz CT molecular complexity index is 574. The summed E-state index contributed by atoms with van der Waals surface area (Å²) in [7, 11) is 3.90. The van der Waals surface area contributed by atoms with Crippen LogP contribution < -0.4 is 15.5 Å². The Balaban J connectivity index is 1.81. The van der Waals surface area contributed by atoms with Gasteiger partial charge in [0.05, 0.1) is 6.04 Å². The van der Waals surface area contributed by atoms with Gasteiger partial charge in [-0.25, -0.2) is 0 Å². The van der Waals surface area contributed by atoms with Gasteiger partial charge in [0, 0.05) is 44.8 Å². The summed E-state index contributed by atoms with van der Waals surface area (Å²) in [5.74, 6) is 0.904. The van der Waals surface area contributed by atoms with E-state index in [2.05, 4.69) is 41.4 Å². The normalized spacial score (nSPS) is 19.4. The Morgan fingerprint density at radius 3 is 2.76 bits per heavy atom. The molecule has 0 saturated carbocycles. The van der Waals surface area contributed by atoms with Crippen LogP contribution in [-0.2, 0) is 4.79 Å². The van der Waals surface area contributed by atoms with Gasteiger partial charge in [0.1, 0.15) is 0 Å². The minimum absolute atomic E-state index is 0.0752. The molecule has 138 valence electrons. The second-order valence-electron chi connectivity index (χ2n) is 6.62. The molecule has 1 fully saturated rings. The van der Waals surface area contributed by atoms with Crippen LogP contribution in [0.15, 0.2) is 35.3 Å². The van der Waals surface area contributed by atoms with Gasteiger partial charge in [-0.1, -0.05) is 25.1 Å². The first-order chi connectivity index (χ1) is 12.0. The standard InChI is InChI=1S/C19H31N5O/c1-5-15(2)23(4)12-11-21-19(20-3)22-16-13-18(25)24(14-16)17-9-7-6-8-10-17/h6-10,15-16H,5,11-14H2,1-4H3,(H2,20,21,22). The number of carbonyl (C=O) groups is 1. The lowest BCUT2D eigenvalue weighted by Crippen LogP contribution is -2.47. The molecule has 2 N–H and O–H groups in total. The fourth-order valence-electron chi connectivity index (χ4n) is 2.93. The number of guanidine groups is 1. The summed E-state index contributed by atoms with van der Waals surface area (Å²) in [6, 6.07) is 10.5. The molecule has 1 amide bonds. The number of amides is 1. The number of likely N-dealkylation sites (N-methyl/N-ethyl adjacent to an activating group) is 1. The minimum Gasteiger partial charge on any atom is -0.355 e. The summed E-state index contributed by atoms with van der Waals surface area (Å²) in [5, 5.41) is 6.71. The highest BCUT2D eigenvalue weighted by atomic mass is 16.2. The maximum Gasteiger partial charge on any atom is 0.229 e.